The Labute approximate surface area is 120 Å². The molecule has 0 aromatic heterocycles. The van der Waals surface area contributed by atoms with E-state index in [4.69, 9.17) is 10.5 Å². The molecule has 1 atom stereocenters. The molecule has 0 aliphatic rings. The van der Waals surface area contributed by atoms with E-state index in [1.807, 2.05) is 0 Å². The Hall–Kier alpha value is -2.90. The predicted molar refractivity (Wildman–Crippen MR) is 75.6 cm³/mol. The Balaban J connectivity index is 2.84. The van der Waals surface area contributed by atoms with Crippen LogP contribution < -0.4 is 11.1 Å². The third kappa shape index (κ3) is 4.30. The fraction of sp³-hybridized carbons (Fsp3) is 0.231. The van der Waals surface area contributed by atoms with Crippen molar-refractivity contribution < 1.29 is 19.2 Å². The van der Waals surface area contributed by atoms with Gasteiger partial charge in [0.15, 0.2) is 6.10 Å². The number of hydrogen-bond donors (Lipinski definition) is 2. The van der Waals surface area contributed by atoms with Crippen molar-refractivity contribution >= 4 is 23.3 Å². The molecule has 1 aromatic rings. The van der Waals surface area contributed by atoms with Gasteiger partial charge in [-0.05, 0) is 13.0 Å². The summed E-state index contributed by atoms with van der Waals surface area (Å²) < 4.78 is 4.92. The first-order valence-electron chi connectivity index (χ1n) is 6.00. The van der Waals surface area contributed by atoms with E-state index in [0.717, 1.165) is 6.07 Å². The van der Waals surface area contributed by atoms with E-state index in [0.29, 0.717) is 0 Å². The number of nitrogens with one attached hydrogen (secondary N) is 1. The number of esters is 1. The molecule has 0 spiro atoms. The fourth-order valence-electron chi connectivity index (χ4n) is 1.43. The summed E-state index contributed by atoms with van der Waals surface area (Å²) in [6.45, 7) is 5.05. The molecule has 0 saturated carbocycles. The molecule has 3 N–H and O–H groups in total. The van der Waals surface area contributed by atoms with E-state index < -0.39 is 22.9 Å². The Morgan fingerprint density at radius 1 is 1.57 bits per heavy atom. The summed E-state index contributed by atoms with van der Waals surface area (Å²) >= 11 is 0. The van der Waals surface area contributed by atoms with Crippen LogP contribution in [0.2, 0.25) is 0 Å². The highest BCUT2D eigenvalue weighted by Gasteiger charge is 2.21. The maximum absolute atomic E-state index is 11.9. The third-order valence-corrected chi connectivity index (χ3v) is 2.54. The second-order valence-electron chi connectivity index (χ2n) is 4.11. The van der Waals surface area contributed by atoms with Crippen LogP contribution in [-0.2, 0) is 9.53 Å². The minimum absolute atomic E-state index is 0.0318. The summed E-state index contributed by atoms with van der Waals surface area (Å²) in [6, 6.07) is 3.41. The van der Waals surface area contributed by atoms with Crippen molar-refractivity contribution in [3.63, 3.8) is 0 Å². The van der Waals surface area contributed by atoms with Gasteiger partial charge in [0, 0.05) is 24.4 Å². The summed E-state index contributed by atoms with van der Waals surface area (Å²) in [7, 11) is 0. The zero-order valence-electron chi connectivity index (χ0n) is 11.4. The lowest BCUT2D eigenvalue weighted by Crippen LogP contribution is -2.35. The monoisotopic (exact) mass is 293 g/mol. The smallest absolute Gasteiger partial charge is 0.341 e. The van der Waals surface area contributed by atoms with Crippen molar-refractivity contribution in [3.8, 4) is 0 Å². The summed E-state index contributed by atoms with van der Waals surface area (Å²) in [6.07, 6.45) is 0.418. The van der Waals surface area contributed by atoms with E-state index in [1.54, 1.807) is 0 Å². The van der Waals surface area contributed by atoms with E-state index in [9.17, 15) is 19.7 Å². The molecular weight excluding hydrogens is 278 g/mol. The number of amides is 1. The van der Waals surface area contributed by atoms with Crippen LogP contribution in [0.15, 0.2) is 30.9 Å². The van der Waals surface area contributed by atoms with Crippen LogP contribution >= 0.6 is 0 Å². The van der Waals surface area contributed by atoms with Crippen LogP contribution in [0.25, 0.3) is 0 Å². The third-order valence-electron chi connectivity index (χ3n) is 2.54. The zero-order valence-corrected chi connectivity index (χ0v) is 11.4. The molecule has 0 radical (unpaired) electrons. The largest absolute Gasteiger partial charge is 0.449 e. The normalized spacial score (nSPS) is 11.3. The highest BCUT2D eigenvalue weighted by atomic mass is 16.6. The lowest BCUT2D eigenvalue weighted by molar-refractivity contribution is -0.384. The first-order valence-corrected chi connectivity index (χ1v) is 6.00. The van der Waals surface area contributed by atoms with Crippen LogP contribution in [0.1, 0.15) is 17.3 Å². The topological polar surface area (TPSA) is 125 Å². The van der Waals surface area contributed by atoms with Gasteiger partial charge in [0.2, 0.25) is 0 Å². The first kappa shape index (κ1) is 16.2. The number of nitro benzene ring substituents is 1. The number of benzene rings is 1. The Morgan fingerprint density at radius 2 is 2.24 bits per heavy atom. The van der Waals surface area contributed by atoms with Crippen LogP contribution in [0.3, 0.4) is 0 Å². The number of ether oxygens (including phenoxy) is 1. The highest BCUT2D eigenvalue weighted by Crippen LogP contribution is 2.20. The van der Waals surface area contributed by atoms with Crippen molar-refractivity contribution in [3.05, 3.63) is 46.5 Å². The van der Waals surface area contributed by atoms with Gasteiger partial charge in [-0.1, -0.05) is 6.08 Å². The van der Waals surface area contributed by atoms with Gasteiger partial charge < -0.3 is 15.8 Å². The molecule has 0 saturated heterocycles. The molecule has 1 rings (SSSR count). The number of hydrogen-bond acceptors (Lipinski definition) is 6. The van der Waals surface area contributed by atoms with E-state index >= 15 is 0 Å². The molecule has 1 aromatic carbocycles. The van der Waals surface area contributed by atoms with Crippen LogP contribution in [0.5, 0.6) is 0 Å². The van der Waals surface area contributed by atoms with E-state index in [2.05, 4.69) is 11.9 Å². The Morgan fingerprint density at radius 3 is 2.81 bits per heavy atom. The molecule has 0 aliphatic heterocycles. The maximum Gasteiger partial charge on any atom is 0.341 e. The SMILES string of the molecule is C=CCNC(=O)[C@H](C)OC(=O)c1cc([N+](=O)[O-])ccc1N. The number of anilines is 1. The van der Waals surface area contributed by atoms with Gasteiger partial charge >= 0.3 is 5.97 Å². The number of rotatable bonds is 6. The summed E-state index contributed by atoms with van der Waals surface area (Å²) in [5.41, 5.74) is 5.17. The summed E-state index contributed by atoms with van der Waals surface area (Å²) in [4.78, 5) is 33.5. The molecule has 112 valence electrons. The number of nitrogens with two attached hydrogens (primary N) is 1. The molecule has 0 heterocycles. The molecule has 21 heavy (non-hydrogen) atoms. The predicted octanol–water partition coefficient (Wildman–Crippen LogP) is 1.02. The van der Waals surface area contributed by atoms with Crippen molar-refractivity contribution in [2.24, 2.45) is 0 Å². The number of carbonyl (C=O) groups is 2. The lowest BCUT2D eigenvalue weighted by atomic mass is 10.1. The van der Waals surface area contributed by atoms with Gasteiger partial charge in [0.25, 0.3) is 11.6 Å². The van der Waals surface area contributed by atoms with Crippen LogP contribution in [0.4, 0.5) is 11.4 Å². The number of nitro groups is 1. The van der Waals surface area contributed by atoms with Crippen LogP contribution in [0, 0.1) is 10.1 Å². The van der Waals surface area contributed by atoms with Gasteiger partial charge in [-0.15, -0.1) is 6.58 Å². The number of nitrogen functional groups attached to an aromatic ring is 1. The second-order valence-corrected chi connectivity index (χ2v) is 4.11. The molecule has 0 unspecified atom stereocenters. The Bertz CT molecular complexity index is 585. The molecular formula is C13H15N3O5. The van der Waals surface area contributed by atoms with E-state index in [-0.39, 0.29) is 23.5 Å². The molecule has 0 aliphatic carbocycles. The van der Waals surface area contributed by atoms with Gasteiger partial charge in [-0.2, -0.15) is 0 Å². The van der Waals surface area contributed by atoms with Crippen molar-refractivity contribution in [2.45, 2.75) is 13.0 Å². The summed E-state index contributed by atoms with van der Waals surface area (Å²) in [5, 5.41) is 13.1. The Kier molecular flexibility index (Phi) is 5.41. The molecule has 0 bridgehead atoms. The standard InChI is InChI=1S/C13H15N3O5/c1-3-6-15-12(17)8(2)21-13(18)10-7-9(16(19)20)4-5-11(10)14/h3-5,7-8H,1,6,14H2,2H3,(H,15,17)/t8-/m0/s1. The van der Waals surface area contributed by atoms with Crippen molar-refractivity contribution in [2.75, 3.05) is 12.3 Å². The van der Waals surface area contributed by atoms with Crippen molar-refractivity contribution in [1.82, 2.24) is 5.32 Å². The average molecular weight is 293 g/mol. The van der Waals surface area contributed by atoms with Crippen molar-refractivity contribution in [1.29, 1.82) is 0 Å². The van der Waals surface area contributed by atoms with Gasteiger partial charge in [0.05, 0.1) is 10.5 Å². The first-order chi connectivity index (χ1) is 9.86. The van der Waals surface area contributed by atoms with E-state index in [1.165, 1.54) is 25.1 Å². The maximum atomic E-state index is 11.9. The lowest BCUT2D eigenvalue weighted by Gasteiger charge is -2.13. The molecule has 0 fully saturated rings. The fourth-order valence-corrected chi connectivity index (χ4v) is 1.43. The average Bonchev–Trinajstić information content (AvgIpc) is 2.44. The minimum atomic E-state index is -1.06. The number of nitrogens with zero attached hydrogens (tertiary/aromatic N) is 1. The van der Waals surface area contributed by atoms with Gasteiger partial charge in [0.1, 0.15) is 0 Å². The van der Waals surface area contributed by atoms with Crippen LogP contribution in [-0.4, -0.2) is 29.4 Å². The summed E-state index contributed by atoms with van der Waals surface area (Å²) in [5.74, 6) is -1.41. The quantitative estimate of drug-likeness (QED) is 0.265. The van der Waals surface area contributed by atoms with Gasteiger partial charge in [-0.25, -0.2) is 4.79 Å². The highest BCUT2D eigenvalue weighted by molar-refractivity contribution is 5.97. The zero-order chi connectivity index (χ0) is 16.0. The second kappa shape index (κ2) is 7.04. The van der Waals surface area contributed by atoms with Gasteiger partial charge in [-0.3, -0.25) is 14.9 Å². The molecule has 8 heteroatoms. The molecule has 1 amide bonds. The number of carbonyl (C=O) groups excluding carboxylic acids is 2. The molecule has 8 nitrogen and oxygen atoms in total. The number of non-ortho nitro benzene ring substituents is 1. The minimum Gasteiger partial charge on any atom is -0.449 e.